The molecule has 1 atom stereocenters. The highest BCUT2D eigenvalue weighted by atomic mass is 16.5. The first-order valence-corrected chi connectivity index (χ1v) is 7.01. The molecule has 0 unspecified atom stereocenters. The lowest BCUT2D eigenvalue weighted by molar-refractivity contribution is -0.118. The fraction of sp³-hybridized carbons (Fsp3) is 0.235. The van der Waals surface area contributed by atoms with Crippen LogP contribution in [0.3, 0.4) is 0 Å². The van der Waals surface area contributed by atoms with Crippen LogP contribution in [0.4, 0.5) is 5.69 Å². The van der Waals surface area contributed by atoms with Crippen LogP contribution in [0.15, 0.2) is 48.5 Å². The van der Waals surface area contributed by atoms with Crippen molar-refractivity contribution in [1.82, 2.24) is 0 Å². The Morgan fingerprint density at radius 3 is 2.86 bits per heavy atom. The van der Waals surface area contributed by atoms with E-state index in [0.29, 0.717) is 5.75 Å². The third-order valence-corrected chi connectivity index (χ3v) is 3.59. The second kappa shape index (κ2) is 5.97. The number of benzene rings is 2. The molecule has 2 aromatic carbocycles. The molecule has 0 heterocycles. The minimum atomic E-state index is -0.365. The number of aryl methyl sites for hydroxylation is 1. The minimum absolute atomic E-state index is 0.0315. The Balaban J connectivity index is 1.57. The average molecular weight is 283 g/mol. The van der Waals surface area contributed by atoms with E-state index in [2.05, 4.69) is 5.32 Å². The first-order valence-electron chi connectivity index (χ1n) is 7.01. The maximum absolute atomic E-state index is 11.8. The molecule has 3 rings (SSSR count). The second-order valence-electron chi connectivity index (χ2n) is 5.12. The van der Waals surface area contributed by atoms with Crippen LogP contribution < -0.4 is 10.1 Å². The lowest BCUT2D eigenvalue weighted by atomic mass is 10.1. The van der Waals surface area contributed by atoms with Gasteiger partial charge in [0.05, 0.1) is 6.10 Å². The van der Waals surface area contributed by atoms with Crippen molar-refractivity contribution in [3.63, 3.8) is 0 Å². The lowest BCUT2D eigenvalue weighted by Gasteiger charge is -2.09. The van der Waals surface area contributed by atoms with Crippen molar-refractivity contribution in [3.8, 4) is 5.75 Å². The van der Waals surface area contributed by atoms with Gasteiger partial charge in [-0.05, 0) is 48.2 Å². The van der Waals surface area contributed by atoms with Crippen LogP contribution in [0.25, 0.3) is 0 Å². The molecule has 0 saturated carbocycles. The predicted octanol–water partition coefficient (Wildman–Crippen LogP) is 2.68. The van der Waals surface area contributed by atoms with E-state index in [4.69, 9.17) is 4.74 Å². The van der Waals surface area contributed by atoms with Crippen LogP contribution in [0.2, 0.25) is 0 Å². The molecule has 0 fully saturated rings. The Morgan fingerprint density at radius 1 is 1.24 bits per heavy atom. The Hall–Kier alpha value is -2.33. The quantitative estimate of drug-likeness (QED) is 0.907. The van der Waals surface area contributed by atoms with Crippen molar-refractivity contribution in [2.24, 2.45) is 0 Å². The number of carbonyl (C=O) groups excluding carboxylic acids is 1. The number of aliphatic hydroxyl groups excluding tert-OH is 1. The zero-order valence-corrected chi connectivity index (χ0v) is 11.6. The maximum Gasteiger partial charge on any atom is 0.262 e. The third-order valence-electron chi connectivity index (χ3n) is 3.59. The van der Waals surface area contributed by atoms with Crippen molar-refractivity contribution in [3.05, 3.63) is 59.7 Å². The van der Waals surface area contributed by atoms with Gasteiger partial charge in [-0.3, -0.25) is 4.79 Å². The molecule has 21 heavy (non-hydrogen) atoms. The van der Waals surface area contributed by atoms with Crippen molar-refractivity contribution < 1.29 is 14.6 Å². The van der Waals surface area contributed by atoms with Gasteiger partial charge in [-0.1, -0.05) is 24.3 Å². The summed E-state index contributed by atoms with van der Waals surface area (Å²) in [7, 11) is 0. The van der Waals surface area contributed by atoms with E-state index in [1.807, 2.05) is 42.5 Å². The first-order chi connectivity index (χ1) is 10.2. The molecule has 2 N–H and O–H groups in total. The highest BCUT2D eigenvalue weighted by molar-refractivity contribution is 5.91. The molecule has 0 aromatic heterocycles. The SMILES string of the molecule is O=C(COc1ccc2c(c1)CC[C@H]2O)Nc1ccccc1. The number of amides is 1. The first kappa shape index (κ1) is 13.6. The van der Waals surface area contributed by atoms with Gasteiger partial charge >= 0.3 is 0 Å². The molecular weight excluding hydrogens is 266 g/mol. The number of rotatable bonds is 4. The number of nitrogens with one attached hydrogen (secondary N) is 1. The minimum Gasteiger partial charge on any atom is -0.484 e. The van der Waals surface area contributed by atoms with Gasteiger partial charge in [-0.15, -0.1) is 0 Å². The predicted molar refractivity (Wildman–Crippen MR) is 80.3 cm³/mol. The summed E-state index contributed by atoms with van der Waals surface area (Å²) in [5.41, 5.74) is 2.82. The Bertz CT molecular complexity index is 640. The van der Waals surface area contributed by atoms with Crippen LogP contribution in [0, 0.1) is 0 Å². The summed E-state index contributed by atoms with van der Waals surface area (Å²) >= 11 is 0. The zero-order valence-electron chi connectivity index (χ0n) is 11.6. The van der Waals surface area contributed by atoms with Gasteiger partial charge < -0.3 is 15.2 Å². The molecule has 0 spiro atoms. The molecule has 108 valence electrons. The molecule has 0 bridgehead atoms. The van der Waals surface area contributed by atoms with Gasteiger partial charge in [0.1, 0.15) is 5.75 Å². The number of hydrogen-bond acceptors (Lipinski definition) is 3. The molecule has 2 aromatic rings. The molecule has 4 heteroatoms. The van der Waals surface area contributed by atoms with E-state index in [9.17, 15) is 9.90 Å². The number of hydrogen-bond donors (Lipinski definition) is 2. The number of carbonyl (C=O) groups is 1. The fourth-order valence-electron chi connectivity index (χ4n) is 2.53. The molecule has 4 nitrogen and oxygen atoms in total. The summed E-state index contributed by atoms with van der Waals surface area (Å²) in [6, 6.07) is 14.8. The topological polar surface area (TPSA) is 58.6 Å². The molecular formula is C17H17NO3. The zero-order chi connectivity index (χ0) is 14.7. The van der Waals surface area contributed by atoms with Gasteiger partial charge in [0.25, 0.3) is 5.91 Å². The van der Waals surface area contributed by atoms with Gasteiger partial charge in [0.15, 0.2) is 6.61 Å². The highest BCUT2D eigenvalue weighted by Crippen LogP contribution is 2.33. The maximum atomic E-state index is 11.8. The number of para-hydroxylation sites is 1. The summed E-state index contributed by atoms with van der Waals surface area (Å²) in [6.07, 6.45) is 1.24. The van der Waals surface area contributed by atoms with Crippen molar-refractivity contribution in [2.75, 3.05) is 11.9 Å². The monoisotopic (exact) mass is 283 g/mol. The van der Waals surface area contributed by atoms with Crippen LogP contribution in [-0.4, -0.2) is 17.6 Å². The largest absolute Gasteiger partial charge is 0.484 e. The van der Waals surface area contributed by atoms with Gasteiger partial charge in [0, 0.05) is 5.69 Å². The molecule has 1 aliphatic carbocycles. The number of ether oxygens (including phenoxy) is 1. The Morgan fingerprint density at radius 2 is 2.05 bits per heavy atom. The summed E-state index contributed by atoms with van der Waals surface area (Å²) in [4.78, 5) is 11.8. The molecule has 0 saturated heterocycles. The summed E-state index contributed by atoms with van der Waals surface area (Å²) < 4.78 is 5.51. The van der Waals surface area contributed by atoms with Crippen LogP contribution in [0.5, 0.6) is 5.75 Å². The molecule has 0 radical (unpaired) electrons. The third kappa shape index (κ3) is 3.23. The summed E-state index contributed by atoms with van der Waals surface area (Å²) in [5.74, 6) is 0.466. The summed E-state index contributed by atoms with van der Waals surface area (Å²) in [6.45, 7) is -0.0315. The van der Waals surface area contributed by atoms with Crippen molar-refractivity contribution in [2.45, 2.75) is 18.9 Å². The number of fused-ring (bicyclic) bond motifs is 1. The van der Waals surface area contributed by atoms with E-state index in [1.165, 1.54) is 0 Å². The summed E-state index contributed by atoms with van der Waals surface area (Å²) in [5, 5.41) is 12.5. The number of anilines is 1. The van der Waals surface area contributed by atoms with Crippen molar-refractivity contribution >= 4 is 11.6 Å². The lowest BCUT2D eigenvalue weighted by Crippen LogP contribution is -2.20. The van der Waals surface area contributed by atoms with E-state index in [-0.39, 0.29) is 18.6 Å². The Labute approximate surface area is 123 Å². The smallest absolute Gasteiger partial charge is 0.262 e. The van der Waals surface area contributed by atoms with Crippen molar-refractivity contribution in [1.29, 1.82) is 0 Å². The number of aliphatic hydroxyl groups is 1. The van der Waals surface area contributed by atoms with E-state index < -0.39 is 0 Å². The average Bonchev–Trinajstić information content (AvgIpc) is 2.87. The fourth-order valence-corrected chi connectivity index (χ4v) is 2.53. The molecule has 0 aliphatic heterocycles. The van der Waals surface area contributed by atoms with E-state index in [0.717, 1.165) is 29.7 Å². The van der Waals surface area contributed by atoms with Gasteiger partial charge in [-0.2, -0.15) is 0 Å². The van der Waals surface area contributed by atoms with E-state index in [1.54, 1.807) is 6.07 Å². The molecule has 1 amide bonds. The normalized spacial score (nSPS) is 16.3. The Kier molecular flexibility index (Phi) is 3.88. The van der Waals surface area contributed by atoms with Gasteiger partial charge in [0.2, 0.25) is 0 Å². The van der Waals surface area contributed by atoms with Crippen LogP contribution in [0.1, 0.15) is 23.7 Å². The van der Waals surface area contributed by atoms with Crippen LogP contribution in [-0.2, 0) is 11.2 Å². The molecule has 1 aliphatic rings. The standard InChI is InChI=1S/C17H17NO3/c19-16-9-6-12-10-14(7-8-15(12)16)21-11-17(20)18-13-4-2-1-3-5-13/h1-5,7-8,10,16,19H,6,9,11H2,(H,18,20)/t16-/m1/s1. The van der Waals surface area contributed by atoms with Gasteiger partial charge in [-0.25, -0.2) is 0 Å². The second-order valence-corrected chi connectivity index (χ2v) is 5.12. The highest BCUT2D eigenvalue weighted by Gasteiger charge is 2.20. The van der Waals surface area contributed by atoms with Crippen LogP contribution >= 0.6 is 0 Å². The van der Waals surface area contributed by atoms with E-state index >= 15 is 0 Å².